The standard InChI is InChI=1S/C20H28N4O3S.ClH/c1-6-23-9-8-14-16(11-23)28-19(17(14)20(26)27-7-2)21-18(25)15-10-13(5)22-24(15)12(3)4;/h10,12H,6-9,11H2,1-5H3,(H,21,25);1H. The molecule has 1 amide bonds. The highest BCUT2D eigenvalue weighted by Gasteiger charge is 2.30. The number of hydrogen-bond acceptors (Lipinski definition) is 6. The zero-order valence-electron chi connectivity index (χ0n) is 17.6. The van der Waals surface area contributed by atoms with E-state index in [1.54, 1.807) is 17.7 Å². The normalized spacial score (nSPS) is 13.7. The average Bonchev–Trinajstić information content (AvgIpc) is 3.21. The number of hydrogen-bond donors (Lipinski definition) is 1. The van der Waals surface area contributed by atoms with E-state index >= 15 is 0 Å². The molecule has 0 saturated heterocycles. The summed E-state index contributed by atoms with van der Waals surface area (Å²) in [5, 5.41) is 7.94. The SMILES string of the molecule is CCOC(=O)c1c(NC(=O)c2cc(C)nn2C(C)C)sc2c1CCN(CC)C2.Cl. The fourth-order valence-corrected chi connectivity index (χ4v) is 4.75. The molecule has 160 valence electrons. The van der Waals surface area contributed by atoms with Gasteiger partial charge in [-0.15, -0.1) is 23.7 Å². The summed E-state index contributed by atoms with van der Waals surface area (Å²) in [7, 11) is 0. The van der Waals surface area contributed by atoms with Crippen LogP contribution >= 0.6 is 23.7 Å². The lowest BCUT2D eigenvalue weighted by Crippen LogP contribution is -2.30. The van der Waals surface area contributed by atoms with E-state index < -0.39 is 0 Å². The van der Waals surface area contributed by atoms with Crippen molar-refractivity contribution in [3.05, 3.63) is 33.5 Å². The van der Waals surface area contributed by atoms with Gasteiger partial charge in [0, 0.05) is 24.0 Å². The third-order valence-corrected chi connectivity index (χ3v) is 6.00. The quantitative estimate of drug-likeness (QED) is 0.685. The van der Waals surface area contributed by atoms with Gasteiger partial charge in [0.25, 0.3) is 5.91 Å². The molecule has 0 radical (unpaired) electrons. The van der Waals surface area contributed by atoms with Crippen molar-refractivity contribution in [2.75, 3.05) is 25.0 Å². The van der Waals surface area contributed by atoms with Crippen molar-refractivity contribution in [1.82, 2.24) is 14.7 Å². The van der Waals surface area contributed by atoms with Gasteiger partial charge in [0.2, 0.25) is 0 Å². The minimum Gasteiger partial charge on any atom is -0.462 e. The number of ether oxygens (including phenoxy) is 1. The summed E-state index contributed by atoms with van der Waals surface area (Å²) < 4.78 is 6.99. The average molecular weight is 441 g/mol. The molecule has 3 heterocycles. The zero-order valence-corrected chi connectivity index (χ0v) is 19.2. The number of carbonyl (C=O) groups is 2. The topological polar surface area (TPSA) is 76.5 Å². The minimum atomic E-state index is -0.367. The zero-order chi connectivity index (χ0) is 20.4. The fraction of sp³-hybridized carbons (Fsp3) is 0.550. The molecule has 0 spiro atoms. The molecule has 2 aromatic rings. The second-order valence-corrected chi connectivity index (χ2v) is 8.32. The Hall–Kier alpha value is -1.90. The number of anilines is 1. The number of amides is 1. The first kappa shape index (κ1) is 23.4. The van der Waals surface area contributed by atoms with Crippen LogP contribution in [0, 0.1) is 6.92 Å². The number of likely N-dealkylation sites (N-methyl/N-ethyl adjacent to an activating group) is 1. The Morgan fingerprint density at radius 2 is 2.07 bits per heavy atom. The lowest BCUT2D eigenvalue weighted by Gasteiger charge is -2.25. The summed E-state index contributed by atoms with van der Waals surface area (Å²) in [4.78, 5) is 29.1. The van der Waals surface area contributed by atoms with Gasteiger partial charge in [0.15, 0.2) is 0 Å². The smallest absolute Gasteiger partial charge is 0.341 e. The molecule has 1 aliphatic heterocycles. The van der Waals surface area contributed by atoms with E-state index in [9.17, 15) is 9.59 Å². The molecule has 9 heteroatoms. The number of esters is 1. The molecule has 1 aliphatic rings. The van der Waals surface area contributed by atoms with E-state index in [0.29, 0.717) is 22.9 Å². The molecule has 0 aliphatic carbocycles. The lowest BCUT2D eigenvalue weighted by molar-refractivity contribution is 0.0526. The summed E-state index contributed by atoms with van der Waals surface area (Å²) in [5.41, 5.74) is 2.80. The Labute approximate surface area is 181 Å². The van der Waals surface area contributed by atoms with E-state index in [0.717, 1.165) is 42.2 Å². The number of nitrogens with one attached hydrogen (secondary N) is 1. The molecule has 29 heavy (non-hydrogen) atoms. The molecule has 0 atom stereocenters. The van der Waals surface area contributed by atoms with E-state index in [2.05, 4.69) is 22.2 Å². The van der Waals surface area contributed by atoms with Crippen molar-refractivity contribution in [2.24, 2.45) is 0 Å². The van der Waals surface area contributed by atoms with Gasteiger partial charge in [-0.3, -0.25) is 14.4 Å². The molecule has 7 nitrogen and oxygen atoms in total. The van der Waals surface area contributed by atoms with Crippen LogP contribution in [0.4, 0.5) is 5.00 Å². The third kappa shape index (κ3) is 4.82. The molecule has 0 fully saturated rings. The summed E-state index contributed by atoms with van der Waals surface area (Å²) in [6.45, 7) is 12.7. The Kier molecular flexibility index (Phi) is 7.85. The predicted molar refractivity (Wildman–Crippen MR) is 117 cm³/mol. The van der Waals surface area contributed by atoms with Crippen molar-refractivity contribution < 1.29 is 14.3 Å². The highest BCUT2D eigenvalue weighted by atomic mass is 35.5. The van der Waals surface area contributed by atoms with E-state index in [4.69, 9.17) is 4.74 Å². The van der Waals surface area contributed by atoms with Crippen molar-refractivity contribution in [3.63, 3.8) is 0 Å². The van der Waals surface area contributed by atoms with Crippen LogP contribution in [0.25, 0.3) is 0 Å². The first-order valence-electron chi connectivity index (χ1n) is 9.77. The van der Waals surface area contributed by atoms with Gasteiger partial charge in [0.1, 0.15) is 10.7 Å². The Morgan fingerprint density at radius 3 is 2.69 bits per heavy atom. The Bertz CT molecular complexity index is 891. The maximum atomic E-state index is 13.0. The third-order valence-electron chi connectivity index (χ3n) is 4.87. The van der Waals surface area contributed by atoms with Crippen LogP contribution in [0.15, 0.2) is 6.07 Å². The van der Waals surface area contributed by atoms with Crippen LogP contribution in [0.5, 0.6) is 0 Å². The number of thiophene rings is 1. The van der Waals surface area contributed by atoms with Gasteiger partial charge in [-0.25, -0.2) is 4.79 Å². The first-order chi connectivity index (χ1) is 13.3. The van der Waals surface area contributed by atoms with Gasteiger partial charge in [-0.05, 0) is 52.3 Å². The molecule has 1 N–H and O–H groups in total. The lowest BCUT2D eigenvalue weighted by atomic mass is 10.0. The summed E-state index contributed by atoms with van der Waals surface area (Å²) in [6.07, 6.45) is 0.784. The molecule has 0 unspecified atom stereocenters. The molecular weight excluding hydrogens is 412 g/mol. The number of fused-ring (bicyclic) bond motifs is 1. The maximum absolute atomic E-state index is 13.0. The number of nitrogens with zero attached hydrogens (tertiary/aromatic N) is 3. The number of carbonyl (C=O) groups excluding carboxylic acids is 2. The van der Waals surface area contributed by atoms with E-state index in [1.165, 1.54) is 11.3 Å². The van der Waals surface area contributed by atoms with Crippen molar-refractivity contribution in [2.45, 2.75) is 53.6 Å². The molecule has 0 saturated carbocycles. The van der Waals surface area contributed by atoms with Crippen LogP contribution in [0.2, 0.25) is 0 Å². The van der Waals surface area contributed by atoms with Gasteiger partial charge in [0.05, 0.1) is 17.9 Å². The number of halogens is 1. The van der Waals surface area contributed by atoms with Gasteiger partial charge >= 0.3 is 5.97 Å². The number of aryl methyl sites for hydroxylation is 1. The number of rotatable bonds is 6. The fourth-order valence-electron chi connectivity index (χ4n) is 3.48. The van der Waals surface area contributed by atoms with E-state index in [-0.39, 0.29) is 30.3 Å². The molecular formula is C20H29ClN4O3S. The van der Waals surface area contributed by atoms with E-state index in [1.807, 2.05) is 20.8 Å². The highest BCUT2D eigenvalue weighted by molar-refractivity contribution is 7.17. The van der Waals surface area contributed by atoms with Crippen molar-refractivity contribution in [3.8, 4) is 0 Å². The second-order valence-electron chi connectivity index (χ2n) is 7.21. The summed E-state index contributed by atoms with van der Waals surface area (Å²) in [5.74, 6) is -0.625. The van der Waals surface area contributed by atoms with Crippen LogP contribution in [0.1, 0.15) is 70.7 Å². The van der Waals surface area contributed by atoms with Crippen LogP contribution in [-0.4, -0.2) is 46.3 Å². The van der Waals surface area contributed by atoms with Gasteiger partial charge in [-0.2, -0.15) is 5.10 Å². The monoisotopic (exact) mass is 440 g/mol. The molecule has 3 rings (SSSR count). The minimum absolute atomic E-state index is 0. The largest absolute Gasteiger partial charge is 0.462 e. The predicted octanol–water partition coefficient (Wildman–Crippen LogP) is 4.06. The second kappa shape index (κ2) is 9.73. The van der Waals surface area contributed by atoms with Crippen LogP contribution in [0.3, 0.4) is 0 Å². The maximum Gasteiger partial charge on any atom is 0.341 e. The summed E-state index contributed by atoms with van der Waals surface area (Å²) >= 11 is 1.48. The molecule has 0 bridgehead atoms. The molecule has 0 aromatic carbocycles. The highest BCUT2D eigenvalue weighted by Crippen LogP contribution is 2.38. The first-order valence-corrected chi connectivity index (χ1v) is 10.6. The van der Waals surface area contributed by atoms with Crippen molar-refractivity contribution in [1.29, 1.82) is 0 Å². The Morgan fingerprint density at radius 1 is 1.34 bits per heavy atom. The van der Waals surface area contributed by atoms with Gasteiger partial charge < -0.3 is 10.1 Å². The van der Waals surface area contributed by atoms with Crippen LogP contribution < -0.4 is 5.32 Å². The number of aromatic nitrogens is 2. The summed E-state index contributed by atoms with van der Waals surface area (Å²) in [6, 6.07) is 1.83. The Balaban J connectivity index is 0.00000300. The van der Waals surface area contributed by atoms with Crippen molar-refractivity contribution >= 4 is 40.6 Å². The van der Waals surface area contributed by atoms with Gasteiger partial charge in [-0.1, -0.05) is 6.92 Å². The molecule has 2 aromatic heterocycles. The van der Waals surface area contributed by atoms with Crippen LogP contribution in [-0.2, 0) is 17.7 Å².